The maximum atomic E-state index is 6.07. The van der Waals surface area contributed by atoms with Crippen LogP contribution in [-0.4, -0.2) is 18.7 Å². The summed E-state index contributed by atoms with van der Waals surface area (Å²) >= 11 is 0. The third kappa shape index (κ3) is 3.87. The average Bonchev–Trinajstić information content (AvgIpc) is 3.19. The van der Waals surface area contributed by atoms with E-state index < -0.39 is 0 Å². The number of hydrogen-bond donors (Lipinski definition) is 2. The number of fused-ring (bicyclic) bond motifs is 2. The van der Waals surface area contributed by atoms with Gasteiger partial charge in [-0.3, -0.25) is 0 Å². The predicted molar refractivity (Wildman–Crippen MR) is 111 cm³/mol. The van der Waals surface area contributed by atoms with Crippen molar-refractivity contribution in [3.63, 3.8) is 0 Å². The molecule has 1 fully saturated rings. The van der Waals surface area contributed by atoms with E-state index in [2.05, 4.69) is 43.0 Å². The van der Waals surface area contributed by atoms with Crippen LogP contribution in [0.15, 0.2) is 36.5 Å². The molecule has 0 aromatic heterocycles. The molecule has 0 spiro atoms. The molecule has 3 atom stereocenters. The minimum absolute atomic E-state index is 0.437. The van der Waals surface area contributed by atoms with Gasteiger partial charge in [0.05, 0.1) is 0 Å². The molecular formula is C22H33BN2. The molecule has 134 valence electrons. The average molecular weight is 336 g/mol. The number of nitrogens with two attached hydrogens (primary N) is 1. The molecule has 3 heteroatoms. The second-order valence-electron chi connectivity index (χ2n) is 7.88. The number of allylic oxidation sites excluding steroid dienone is 2. The lowest BCUT2D eigenvalue weighted by atomic mass is 9.39. The minimum atomic E-state index is 0.437. The molecule has 0 radical (unpaired) electrons. The van der Waals surface area contributed by atoms with E-state index in [0.29, 0.717) is 18.7 Å². The van der Waals surface area contributed by atoms with Gasteiger partial charge in [0.2, 0.25) is 0 Å². The lowest BCUT2D eigenvalue weighted by molar-refractivity contribution is 0.511. The zero-order valence-corrected chi connectivity index (χ0v) is 16.1. The highest BCUT2D eigenvalue weighted by atomic mass is 14.9. The van der Waals surface area contributed by atoms with Crippen molar-refractivity contribution in [1.29, 1.82) is 0 Å². The molecule has 1 aromatic carbocycles. The van der Waals surface area contributed by atoms with Gasteiger partial charge in [-0.25, -0.2) is 0 Å². The Morgan fingerprint density at radius 3 is 2.80 bits per heavy atom. The topological polar surface area (TPSA) is 38.0 Å². The maximum Gasteiger partial charge on any atom is 0.199 e. The van der Waals surface area contributed by atoms with Crippen LogP contribution in [-0.2, 0) is 12.7 Å². The van der Waals surface area contributed by atoms with Crippen LogP contribution in [0.25, 0.3) is 5.57 Å². The summed E-state index contributed by atoms with van der Waals surface area (Å²) in [7, 11) is 0. The maximum absolute atomic E-state index is 6.07. The standard InChI is InChI=1S/C20H27BN2.C2H6/c1-13(2)18-5-3-4-15-10-20-21(12-19(15)18)11-17(23-20)9-14-6-7-16(22)8-14;1-2/h3-5,11,14,16,20,23H,1,6-10,12,22H2,2H3;1-2H3. The van der Waals surface area contributed by atoms with Gasteiger partial charge in [0.1, 0.15) is 0 Å². The van der Waals surface area contributed by atoms with Gasteiger partial charge in [0.25, 0.3) is 0 Å². The van der Waals surface area contributed by atoms with Gasteiger partial charge >= 0.3 is 0 Å². The van der Waals surface area contributed by atoms with Gasteiger partial charge in [0, 0.05) is 12.0 Å². The molecular weight excluding hydrogens is 303 g/mol. The molecule has 1 aliphatic carbocycles. The number of nitrogens with one attached hydrogen (secondary N) is 1. The summed E-state index contributed by atoms with van der Waals surface area (Å²) in [4.78, 5) is 0. The molecule has 3 unspecified atom stereocenters. The quantitative estimate of drug-likeness (QED) is 0.806. The van der Waals surface area contributed by atoms with Crippen molar-refractivity contribution in [1.82, 2.24) is 5.32 Å². The molecule has 0 saturated heterocycles. The smallest absolute Gasteiger partial charge is 0.199 e. The van der Waals surface area contributed by atoms with E-state index in [9.17, 15) is 0 Å². The normalized spacial score (nSPS) is 26.8. The molecule has 4 rings (SSSR count). The molecule has 1 aromatic rings. The SMILES string of the molecule is C=C(C)c1cccc2c1CB1C=C(CC3CCC(N)C3)NC1C2.CC. The van der Waals surface area contributed by atoms with Crippen LogP contribution < -0.4 is 11.1 Å². The van der Waals surface area contributed by atoms with Gasteiger partial charge in [-0.15, -0.1) is 0 Å². The Balaban J connectivity index is 0.000000880. The summed E-state index contributed by atoms with van der Waals surface area (Å²) in [6, 6.07) is 7.15. The Bertz CT molecular complexity index is 664. The molecule has 0 amide bonds. The Kier molecular flexibility index (Phi) is 5.73. The highest BCUT2D eigenvalue weighted by Crippen LogP contribution is 2.34. The summed E-state index contributed by atoms with van der Waals surface area (Å²) in [6.07, 6.45) is 7.21. The van der Waals surface area contributed by atoms with E-state index in [-0.39, 0.29) is 0 Å². The second-order valence-corrected chi connectivity index (χ2v) is 7.88. The van der Waals surface area contributed by atoms with E-state index in [1.54, 1.807) is 0 Å². The molecule has 3 N–H and O–H groups in total. The van der Waals surface area contributed by atoms with E-state index in [1.165, 1.54) is 53.6 Å². The first-order chi connectivity index (χ1) is 12.1. The van der Waals surface area contributed by atoms with Crippen LogP contribution in [0.5, 0.6) is 0 Å². The predicted octanol–water partition coefficient (Wildman–Crippen LogP) is 4.33. The first-order valence-corrected chi connectivity index (χ1v) is 10.1. The summed E-state index contributed by atoms with van der Waals surface area (Å²) in [5, 5.41) is 3.82. The van der Waals surface area contributed by atoms with E-state index in [0.717, 1.165) is 18.7 Å². The highest BCUT2D eigenvalue weighted by molar-refractivity contribution is 6.67. The monoisotopic (exact) mass is 336 g/mol. The summed E-state index contributed by atoms with van der Waals surface area (Å²) in [5.74, 6) is 3.90. The van der Waals surface area contributed by atoms with E-state index in [4.69, 9.17) is 5.73 Å². The van der Waals surface area contributed by atoms with Gasteiger partial charge in [-0.05, 0) is 73.7 Å². The molecule has 3 aliphatic rings. The fourth-order valence-corrected chi connectivity index (χ4v) is 4.85. The van der Waals surface area contributed by atoms with Crippen molar-refractivity contribution in [2.24, 2.45) is 11.7 Å². The van der Waals surface area contributed by atoms with Crippen molar-refractivity contribution >= 4 is 12.3 Å². The van der Waals surface area contributed by atoms with Crippen LogP contribution in [0.2, 0.25) is 0 Å². The van der Waals surface area contributed by atoms with Crippen LogP contribution in [0.3, 0.4) is 0 Å². The highest BCUT2D eigenvalue weighted by Gasteiger charge is 2.36. The first kappa shape index (κ1) is 18.3. The third-order valence-electron chi connectivity index (χ3n) is 6.01. The van der Waals surface area contributed by atoms with Gasteiger partial charge in [-0.2, -0.15) is 0 Å². The second kappa shape index (κ2) is 7.82. The molecule has 2 aliphatic heterocycles. The minimum Gasteiger partial charge on any atom is -0.393 e. The van der Waals surface area contributed by atoms with Crippen molar-refractivity contribution in [2.75, 3.05) is 0 Å². The van der Waals surface area contributed by atoms with Crippen molar-refractivity contribution in [3.8, 4) is 0 Å². The Morgan fingerprint density at radius 1 is 1.32 bits per heavy atom. The fourth-order valence-electron chi connectivity index (χ4n) is 4.85. The lowest BCUT2D eigenvalue weighted by Gasteiger charge is -2.28. The van der Waals surface area contributed by atoms with Gasteiger partial charge < -0.3 is 11.1 Å². The first-order valence-electron chi connectivity index (χ1n) is 10.1. The Hall–Kier alpha value is -1.48. The number of benzene rings is 1. The van der Waals surface area contributed by atoms with Crippen LogP contribution in [0, 0.1) is 5.92 Å². The molecule has 2 heterocycles. The van der Waals surface area contributed by atoms with Crippen LogP contribution in [0.1, 0.15) is 63.1 Å². The van der Waals surface area contributed by atoms with Crippen LogP contribution in [0.4, 0.5) is 0 Å². The third-order valence-corrected chi connectivity index (χ3v) is 6.01. The Labute approximate surface area is 154 Å². The number of hydrogen-bond acceptors (Lipinski definition) is 2. The zero-order chi connectivity index (χ0) is 18.0. The largest absolute Gasteiger partial charge is 0.393 e. The van der Waals surface area contributed by atoms with Crippen LogP contribution >= 0.6 is 0 Å². The van der Waals surface area contributed by atoms with Gasteiger partial charge in [0.15, 0.2) is 6.71 Å². The van der Waals surface area contributed by atoms with E-state index in [1.807, 2.05) is 13.8 Å². The summed E-state index contributed by atoms with van der Waals surface area (Å²) in [5.41, 5.74) is 13.1. The molecule has 25 heavy (non-hydrogen) atoms. The van der Waals surface area contributed by atoms with Crippen molar-refractivity contribution in [2.45, 2.75) is 71.2 Å². The van der Waals surface area contributed by atoms with Crippen molar-refractivity contribution < 1.29 is 0 Å². The molecule has 0 bridgehead atoms. The molecule has 2 nitrogen and oxygen atoms in total. The Morgan fingerprint density at radius 2 is 2.12 bits per heavy atom. The number of rotatable bonds is 3. The zero-order valence-electron chi connectivity index (χ0n) is 16.1. The fraction of sp³-hybridized carbons (Fsp3) is 0.545. The van der Waals surface area contributed by atoms with Crippen molar-refractivity contribution in [3.05, 3.63) is 53.1 Å². The lowest BCUT2D eigenvalue weighted by Crippen LogP contribution is -2.42. The van der Waals surface area contributed by atoms with Gasteiger partial charge in [-0.1, -0.05) is 50.2 Å². The molecule has 1 saturated carbocycles. The summed E-state index contributed by atoms with van der Waals surface area (Å²) < 4.78 is 0. The van der Waals surface area contributed by atoms with E-state index >= 15 is 0 Å². The summed E-state index contributed by atoms with van der Waals surface area (Å²) in [6.45, 7) is 10.9.